The van der Waals surface area contributed by atoms with Crippen LogP contribution in [0.15, 0.2) is 48.5 Å². The molecule has 0 aromatic heterocycles. The SMILES string of the molecule is O=C(C(Br)Cc1cccc(C(F)(F)F)c1)C(Br)Cc1cccc(C(F)(F)F)c1. The van der Waals surface area contributed by atoms with Crippen LogP contribution in [0.2, 0.25) is 0 Å². The number of carbonyl (C=O) groups is 1. The topological polar surface area (TPSA) is 17.1 Å². The Labute approximate surface area is 174 Å². The molecule has 0 aliphatic rings. The minimum absolute atomic E-state index is 0.0213. The van der Waals surface area contributed by atoms with Crippen molar-refractivity contribution in [1.29, 1.82) is 0 Å². The number of hydrogen-bond acceptors (Lipinski definition) is 1. The molecule has 0 N–H and O–H groups in total. The number of benzene rings is 2. The van der Waals surface area contributed by atoms with E-state index in [0.29, 0.717) is 11.1 Å². The van der Waals surface area contributed by atoms with Crippen LogP contribution in [0.1, 0.15) is 22.3 Å². The van der Waals surface area contributed by atoms with Crippen molar-refractivity contribution >= 4 is 37.6 Å². The molecular formula is C19H14Br2F6O. The second-order valence-corrected chi connectivity index (χ2v) is 8.35. The van der Waals surface area contributed by atoms with E-state index in [0.717, 1.165) is 24.3 Å². The zero-order valence-electron chi connectivity index (χ0n) is 14.1. The van der Waals surface area contributed by atoms with E-state index in [1.54, 1.807) is 0 Å². The first-order valence-corrected chi connectivity index (χ1v) is 9.85. The Balaban J connectivity index is 2.05. The van der Waals surface area contributed by atoms with Crippen LogP contribution < -0.4 is 0 Å². The van der Waals surface area contributed by atoms with Crippen LogP contribution in [-0.4, -0.2) is 15.4 Å². The van der Waals surface area contributed by atoms with Crippen LogP contribution in [0.5, 0.6) is 0 Å². The number of halogens is 8. The Morgan fingerprint density at radius 2 is 1.11 bits per heavy atom. The Morgan fingerprint density at radius 1 is 0.750 bits per heavy atom. The van der Waals surface area contributed by atoms with Crippen molar-refractivity contribution < 1.29 is 31.1 Å². The van der Waals surface area contributed by atoms with Crippen LogP contribution in [0, 0.1) is 0 Å². The fourth-order valence-electron chi connectivity index (χ4n) is 2.56. The number of Topliss-reactive ketones (excluding diaryl/α,β-unsaturated/α-hetero) is 1. The molecule has 2 rings (SSSR count). The van der Waals surface area contributed by atoms with Crippen molar-refractivity contribution in [2.24, 2.45) is 0 Å². The van der Waals surface area contributed by atoms with E-state index in [-0.39, 0.29) is 18.6 Å². The van der Waals surface area contributed by atoms with Gasteiger partial charge < -0.3 is 0 Å². The van der Waals surface area contributed by atoms with Gasteiger partial charge in [0, 0.05) is 0 Å². The number of alkyl halides is 8. The summed E-state index contributed by atoms with van der Waals surface area (Å²) in [5.41, 5.74) is -0.972. The third-order valence-electron chi connectivity index (χ3n) is 3.96. The number of rotatable bonds is 6. The van der Waals surface area contributed by atoms with E-state index in [9.17, 15) is 31.1 Å². The van der Waals surface area contributed by atoms with E-state index in [4.69, 9.17) is 0 Å². The van der Waals surface area contributed by atoms with Gasteiger partial charge in [-0.1, -0.05) is 68.3 Å². The highest BCUT2D eigenvalue weighted by Gasteiger charge is 2.32. The van der Waals surface area contributed by atoms with Gasteiger partial charge in [-0.05, 0) is 36.1 Å². The molecule has 0 heterocycles. The van der Waals surface area contributed by atoms with E-state index < -0.39 is 33.1 Å². The maximum atomic E-state index is 12.8. The van der Waals surface area contributed by atoms with E-state index in [1.165, 1.54) is 24.3 Å². The summed E-state index contributed by atoms with van der Waals surface area (Å²) in [4.78, 5) is 10.9. The van der Waals surface area contributed by atoms with Crippen molar-refractivity contribution in [3.8, 4) is 0 Å². The van der Waals surface area contributed by atoms with E-state index in [1.807, 2.05) is 0 Å². The summed E-state index contributed by atoms with van der Waals surface area (Å²) in [6.45, 7) is 0. The minimum atomic E-state index is -4.48. The quantitative estimate of drug-likeness (QED) is 0.303. The fourth-order valence-corrected chi connectivity index (χ4v) is 4.30. The van der Waals surface area contributed by atoms with Crippen LogP contribution in [-0.2, 0) is 30.0 Å². The molecule has 0 saturated carbocycles. The first-order chi connectivity index (χ1) is 12.9. The average Bonchev–Trinajstić information content (AvgIpc) is 2.60. The largest absolute Gasteiger partial charge is 0.416 e. The lowest BCUT2D eigenvalue weighted by molar-refractivity contribution is -0.138. The van der Waals surface area contributed by atoms with Crippen molar-refractivity contribution in [2.75, 3.05) is 0 Å². The van der Waals surface area contributed by atoms with Gasteiger partial charge >= 0.3 is 12.4 Å². The van der Waals surface area contributed by atoms with E-state index >= 15 is 0 Å². The van der Waals surface area contributed by atoms with Crippen LogP contribution >= 0.6 is 31.9 Å². The summed E-state index contributed by atoms with van der Waals surface area (Å²) < 4.78 is 76.7. The van der Waals surface area contributed by atoms with Gasteiger partial charge in [0.25, 0.3) is 0 Å². The molecule has 9 heteroatoms. The normalized spacial score (nSPS) is 14.6. The third kappa shape index (κ3) is 6.34. The monoisotopic (exact) mass is 530 g/mol. The van der Waals surface area contributed by atoms with Gasteiger partial charge in [-0.3, -0.25) is 4.79 Å². The summed E-state index contributed by atoms with van der Waals surface area (Å²) >= 11 is 6.35. The molecule has 0 spiro atoms. The highest BCUT2D eigenvalue weighted by atomic mass is 79.9. The number of ketones is 1. The molecule has 2 unspecified atom stereocenters. The second kappa shape index (κ2) is 8.98. The molecule has 0 bridgehead atoms. The van der Waals surface area contributed by atoms with Crippen molar-refractivity contribution in [3.05, 3.63) is 70.8 Å². The zero-order chi connectivity index (χ0) is 21.1. The first-order valence-electron chi connectivity index (χ1n) is 8.02. The predicted octanol–water partition coefficient (Wildman–Crippen LogP) is 6.61. The molecular weight excluding hydrogens is 518 g/mol. The fraction of sp³-hybridized carbons (Fsp3) is 0.316. The molecule has 0 amide bonds. The van der Waals surface area contributed by atoms with Crippen LogP contribution in [0.4, 0.5) is 26.3 Å². The average molecular weight is 532 g/mol. The molecule has 2 aromatic rings. The third-order valence-corrected chi connectivity index (χ3v) is 5.51. The van der Waals surface area contributed by atoms with Gasteiger partial charge in [-0.2, -0.15) is 26.3 Å². The molecule has 152 valence electrons. The number of carbonyl (C=O) groups excluding carboxylic acids is 1. The summed E-state index contributed by atoms with van der Waals surface area (Å²) in [5.74, 6) is -0.366. The second-order valence-electron chi connectivity index (χ2n) is 6.14. The summed E-state index contributed by atoms with van der Waals surface area (Å²) in [7, 11) is 0. The Morgan fingerprint density at radius 3 is 1.43 bits per heavy atom. The molecule has 0 fully saturated rings. The van der Waals surface area contributed by atoms with Gasteiger partial charge in [-0.25, -0.2) is 0 Å². The van der Waals surface area contributed by atoms with Gasteiger partial charge in [0.05, 0.1) is 20.8 Å². The first kappa shape index (κ1) is 22.9. The van der Waals surface area contributed by atoms with Crippen molar-refractivity contribution in [2.45, 2.75) is 34.8 Å². The Bertz CT molecular complexity index is 764. The minimum Gasteiger partial charge on any atom is -0.297 e. The maximum absolute atomic E-state index is 12.8. The molecule has 0 aliphatic heterocycles. The standard InChI is InChI=1S/C19H14Br2F6O/c20-15(9-11-3-1-5-13(7-11)18(22,23)24)17(28)16(21)10-12-4-2-6-14(8-12)19(25,26)27/h1-8,15-16H,9-10H2. The molecule has 0 radical (unpaired) electrons. The lowest BCUT2D eigenvalue weighted by atomic mass is 10.00. The van der Waals surface area contributed by atoms with Gasteiger partial charge in [0.15, 0.2) is 5.78 Å². The number of hydrogen-bond donors (Lipinski definition) is 0. The summed E-state index contributed by atoms with van der Waals surface area (Å²) in [5, 5.41) is 0. The summed E-state index contributed by atoms with van der Waals surface area (Å²) in [6.07, 6.45) is -8.92. The molecule has 0 aliphatic carbocycles. The Kier molecular flexibility index (Phi) is 7.36. The van der Waals surface area contributed by atoms with Crippen molar-refractivity contribution in [3.63, 3.8) is 0 Å². The van der Waals surface area contributed by atoms with Gasteiger partial charge in [0.1, 0.15) is 0 Å². The predicted molar refractivity (Wildman–Crippen MR) is 101 cm³/mol. The van der Waals surface area contributed by atoms with E-state index in [2.05, 4.69) is 31.9 Å². The summed E-state index contributed by atoms with van der Waals surface area (Å²) in [6, 6.07) is 9.30. The lowest BCUT2D eigenvalue weighted by Gasteiger charge is -2.16. The molecule has 2 atom stereocenters. The van der Waals surface area contributed by atoms with Crippen LogP contribution in [0.25, 0.3) is 0 Å². The molecule has 0 saturated heterocycles. The van der Waals surface area contributed by atoms with Gasteiger partial charge in [-0.15, -0.1) is 0 Å². The highest BCUT2D eigenvalue weighted by molar-refractivity contribution is 9.10. The van der Waals surface area contributed by atoms with Gasteiger partial charge in [0.2, 0.25) is 0 Å². The molecule has 28 heavy (non-hydrogen) atoms. The smallest absolute Gasteiger partial charge is 0.297 e. The van der Waals surface area contributed by atoms with Crippen LogP contribution in [0.3, 0.4) is 0 Å². The zero-order valence-corrected chi connectivity index (χ0v) is 17.3. The molecule has 1 nitrogen and oxygen atoms in total. The highest BCUT2D eigenvalue weighted by Crippen LogP contribution is 2.31. The Hall–Kier alpha value is -1.35. The van der Waals surface area contributed by atoms with Crippen molar-refractivity contribution in [1.82, 2.24) is 0 Å². The molecule has 2 aromatic carbocycles. The maximum Gasteiger partial charge on any atom is 0.416 e. The lowest BCUT2D eigenvalue weighted by Crippen LogP contribution is -2.27.